The predicted octanol–water partition coefficient (Wildman–Crippen LogP) is 2.53. The third-order valence-corrected chi connectivity index (χ3v) is 7.17. The van der Waals surface area contributed by atoms with E-state index in [1.807, 2.05) is 39.0 Å². The van der Waals surface area contributed by atoms with Gasteiger partial charge in [0.2, 0.25) is 0 Å². The van der Waals surface area contributed by atoms with Gasteiger partial charge in [0.05, 0.1) is 18.9 Å². The van der Waals surface area contributed by atoms with E-state index in [-0.39, 0.29) is 12.2 Å². The van der Waals surface area contributed by atoms with E-state index in [1.54, 1.807) is 0 Å². The summed E-state index contributed by atoms with van der Waals surface area (Å²) in [7, 11) is 1.98. The highest BCUT2D eigenvalue weighted by Gasteiger charge is 2.48. The zero-order valence-corrected chi connectivity index (χ0v) is 16.4. The van der Waals surface area contributed by atoms with Crippen molar-refractivity contribution in [2.24, 2.45) is 5.41 Å². The molecule has 0 radical (unpaired) electrons. The Morgan fingerprint density at radius 1 is 1.46 bits per heavy atom. The zero-order chi connectivity index (χ0) is 18.7. The molecule has 2 aromatic rings. The number of aromatic nitrogens is 1. The van der Waals surface area contributed by atoms with Crippen LogP contribution in [0.2, 0.25) is 0 Å². The molecule has 2 aromatic heterocycles. The van der Waals surface area contributed by atoms with Crippen molar-refractivity contribution in [3.05, 3.63) is 38.8 Å². The van der Waals surface area contributed by atoms with E-state index in [1.165, 1.54) is 11.3 Å². The fraction of sp³-hybridized carbons (Fsp3) is 0.526. The first kappa shape index (κ1) is 17.7. The number of hydrogen-bond donors (Lipinski definition) is 3. The lowest BCUT2D eigenvalue weighted by atomic mass is 9.69. The van der Waals surface area contributed by atoms with Gasteiger partial charge in [-0.1, -0.05) is 20.8 Å². The summed E-state index contributed by atoms with van der Waals surface area (Å²) in [6.45, 7) is 7.45. The van der Waals surface area contributed by atoms with E-state index in [9.17, 15) is 9.90 Å². The van der Waals surface area contributed by atoms with Gasteiger partial charge in [-0.05, 0) is 12.5 Å². The molecule has 3 N–H and O–H groups in total. The van der Waals surface area contributed by atoms with Crippen LogP contribution in [0.1, 0.15) is 43.3 Å². The summed E-state index contributed by atoms with van der Waals surface area (Å²) in [4.78, 5) is 16.9. The highest BCUT2D eigenvalue weighted by atomic mass is 32.1. The highest BCUT2D eigenvalue weighted by molar-refractivity contribution is 7.20. The van der Waals surface area contributed by atoms with Crippen molar-refractivity contribution in [3.8, 4) is 0 Å². The van der Waals surface area contributed by atoms with Crippen LogP contribution < -0.4 is 11.0 Å². The van der Waals surface area contributed by atoms with Crippen molar-refractivity contribution in [2.45, 2.75) is 39.4 Å². The summed E-state index contributed by atoms with van der Waals surface area (Å²) in [5.41, 5.74) is 4.07. The molecule has 2 aliphatic rings. The average Bonchev–Trinajstić information content (AvgIpc) is 3.23. The SMILES string of the molecule is CCC(C)(C)[C@]1(O)COCc2c1[nH]c(=O)c1sc(C3=CNN(C)C3)cc21. The Bertz CT molecular complexity index is 959. The maximum absolute atomic E-state index is 12.8. The summed E-state index contributed by atoms with van der Waals surface area (Å²) < 4.78 is 6.49. The number of hydrogen-bond acceptors (Lipinski definition) is 6. The Balaban J connectivity index is 1.92. The van der Waals surface area contributed by atoms with E-state index in [0.29, 0.717) is 17.0 Å². The summed E-state index contributed by atoms with van der Waals surface area (Å²) in [5.74, 6) is 0. The number of hydrazine groups is 1. The third-order valence-electron chi connectivity index (χ3n) is 5.96. The molecule has 4 rings (SSSR count). The maximum Gasteiger partial charge on any atom is 0.266 e. The molecule has 7 heteroatoms. The van der Waals surface area contributed by atoms with Crippen LogP contribution in [0, 0.1) is 5.41 Å². The van der Waals surface area contributed by atoms with Crippen molar-refractivity contribution < 1.29 is 9.84 Å². The lowest BCUT2D eigenvalue weighted by molar-refractivity contribution is -0.147. The number of fused-ring (bicyclic) bond motifs is 3. The van der Waals surface area contributed by atoms with Crippen LogP contribution in [0.5, 0.6) is 0 Å². The minimum Gasteiger partial charge on any atom is -0.381 e. The zero-order valence-electron chi connectivity index (χ0n) is 15.6. The molecule has 0 amide bonds. The number of ether oxygens (including phenoxy) is 1. The monoisotopic (exact) mass is 375 g/mol. The van der Waals surface area contributed by atoms with Gasteiger partial charge in [-0.2, -0.15) is 0 Å². The van der Waals surface area contributed by atoms with Gasteiger partial charge in [0, 0.05) is 46.6 Å². The molecular weight excluding hydrogens is 350 g/mol. The standard InChI is InChI=1S/C19H25N3O3S/c1-5-18(2,3)19(24)10-25-9-13-12-6-14(11-7-20-22(4)8-11)26-15(12)17(23)21-16(13)19/h6-7,20,24H,5,8-10H2,1-4H3,(H,21,23)/t19-/m0/s1. The molecule has 0 saturated carbocycles. The fourth-order valence-electron chi connectivity index (χ4n) is 3.71. The van der Waals surface area contributed by atoms with E-state index in [4.69, 9.17) is 4.74 Å². The van der Waals surface area contributed by atoms with E-state index < -0.39 is 11.0 Å². The predicted molar refractivity (Wildman–Crippen MR) is 104 cm³/mol. The number of rotatable bonds is 3. The minimum atomic E-state index is -1.21. The van der Waals surface area contributed by atoms with Crippen molar-refractivity contribution >= 4 is 27.0 Å². The van der Waals surface area contributed by atoms with Gasteiger partial charge in [-0.25, -0.2) is 5.01 Å². The Hall–Kier alpha value is -1.67. The number of aromatic amines is 1. The molecule has 6 nitrogen and oxygen atoms in total. The van der Waals surface area contributed by atoms with Crippen LogP contribution in [0.4, 0.5) is 0 Å². The summed E-state index contributed by atoms with van der Waals surface area (Å²) in [6, 6.07) is 2.06. The minimum absolute atomic E-state index is 0.137. The van der Waals surface area contributed by atoms with Crippen LogP contribution in [-0.2, 0) is 16.9 Å². The van der Waals surface area contributed by atoms with Crippen molar-refractivity contribution in [3.63, 3.8) is 0 Å². The molecule has 1 atom stereocenters. The molecule has 0 unspecified atom stereocenters. The van der Waals surface area contributed by atoms with E-state index >= 15 is 0 Å². The number of nitrogens with zero attached hydrogens (tertiary/aromatic N) is 1. The largest absolute Gasteiger partial charge is 0.381 e. The lowest BCUT2D eigenvalue weighted by Crippen LogP contribution is -2.49. The summed E-state index contributed by atoms with van der Waals surface area (Å²) in [5, 5.41) is 14.4. The molecule has 2 aliphatic heterocycles. The molecule has 0 spiro atoms. The van der Waals surface area contributed by atoms with Gasteiger partial charge in [0.15, 0.2) is 0 Å². The molecule has 0 fully saturated rings. The molecule has 140 valence electrons. The molecule has 0 aromatic carbocycles. The highest BCUT2D eigenvalue weighted by Crippen LogP contribution is 2.46. The van der Waals surface area contributed by atoms with Gasteiger partial charge in [-0.3, -0.25) is 4.79 Å². The molecule has 26 heavy (non-hydrogen) atoms. The second-order valence-corrected chi connectivity index (χ2v) is 8.96. The average molecular weight is 375 g/mol. The Labute approximate surface area is 156 Å². The number of H-pyrrole nitrogens is 1. The third kappa shape index (κ3) is 2.45. The Morgan fingerprint density at radius 2 is 2.23 bits per heavy atom. The van der Waals surface area contributed by atoms with Crippen molar-refractivity contribution in [2.75, 3.05) is 20.2 Å². The smallest absolute Gasteiger partial charge is 0.266 e. The van der Waals surface area contributed by atoms with E-state index in [0.717, 1.165) is 34.4 Å². The second-order valence-electron chi connectivity index (χ2n) is 7.91. The Kier molecular flexibility index (Phi) is 4.04. The van der Waals surface area contributed by atoms with Crippen molar-refractivity contribution in [1.29, 1.82) is 0 Å². The van der Waals surface area contributed by atoms with Crippen LogP contribution in [0.25, 0.3) is 15.7 Å². The van der Waals surface area contributed by atoms with Gasteiger partial charge < -0.3 is 20.3 Å². The second kappa shape index (κ2) is 5.92. The summed E-state index contributed by atoms with van der Waals surface area (Å²) >= 11 is 1.49. The summed E-state index contributed by atoms with van der Waals surface area (Å²) in [6.07, 6.45) is 2.74. The first-order valence-corrected chi connectivity index (χ1v) is 9.74. The van der Waals surface area contributed by atoms with Gasteiger partial charge >= 0.3 is 0 Å². The van der Waals surface area contributed by atoms with E-state index in [2.05, 4.69) is 16.5 Å². The molecular formula is C19H25N3O3S. The lowest BCUT2D eigenvalue weighted by Gasteiger charge is -2.45. The molecule has 4 heterocycles. The maximum atomic E-state index is 12.8. The molecule has 0 bridgehead atoms. The van der Waals surface area contributed by atoms with Crippen molar-refractivity contribution in [1.82, 2.24) is 15.4 Å². The van der Waals surface area contributed by atoms with Crippen LogP contribution in [0.3, 0.4) is 0 Å². The van der Waals surface area contributed by atoms with Crippen LogP contribution in [0.15, 0.2) is 17.1 Å². The number of aliphatic hydroxyl groups is 1. The normalized spacial score (nSPS) is 23.8. The number of likely N-dealkylation sites (N-methyl/N-ethyl adjacent to an activating group) is 1. The molecule has 0 saturated heterocycles. The topological polar surface area (TPSA) is 77.6 Å². The Morgan fingerprint density at radius 3 is 2.88 bits per heavy atom. The van der Waals surface area contributed by atoms with Gasteiger partial charge in [0.25, 0.3) is 5.56 Å². The quantitative estimate of drug-likeness (QED) is 0.768. The van der Waals surface area contributed by atoms with Crippen LogP contribution >= 0.6 is 11.3 Å². The first-order chi connectivity index (χ1) is 12.3. The molecule has 0 aliphatic carbocycles. The first-order valence-electron chi connectivity index (χ1n) is 8.93. The number of thiophene rings is 1. The fourth-order valence-corrected chi connectivity index (χ4v) is 4.80. The number of nitrogens with one attached hydrogen (secondary N) is 2. The number of pyridine rings is 1. The van der Waals surface area contributed by atoms with Crippen LogP contribution in [-0.4, -0.2) is 35.3 Å². The van der Waals surface area contributed by atoms with Gasteiger partial charge in [-0.15, -0.1) is 11.3 Å². The van der Waals surface area contributed by atoms with Gasteiger partial charge in [0.1, 0.15) is 10.3 Å².